The van der Waals surface area contributed by atoms with Crippen LogP contribution in [-0.4, -0.2) is 13.7 Å². The lowest BCUT2D eigenvalue weighted by atomic mass is 10.2. The number of nitrogens with zero attached hydrogens (tertiary/aromatic N) is 2. The van der Waals surface area contributed by atoms with Crippen molar-refractivity contribution in [1.82, 2.24) is 4.98 Å². The minimum Gasteiger partial charge on any atom is -0.439 e. The van der Waals surface area contributed by atoms with Gasteiger partial charge in [0.2, 0.25) is 5.88 Å². The molecular formula is C14H13N3O3S. The van der Waals surface area contributed by atoms with E-state index in [2.05, 4.69) is 15.8 Å². The van der Waals surface area contributed by atoms with Crippen LogP contribution in [0.15, 0.2) is 36.4 Å². The molecule has 1 aromatic heterocycles. The molecule has 108 valence electrons. The van der Waals surface area contributed by atoms with E-state index in [0.717, 1.165) is 0 Å². The molecule has 0 amide bonds. The first-order valence-electron chi connectivity index (χ1n) is 6.18. The fraction of sp³-hybridized carbons (Fsp3) is 0.143. The Morgan fingerprint density at radius 3 is 2.62 bits per heavy atom. The summed E-state index contributed by atoms with van der Waals surface area (Å²) in [7, 11) is 0. The van der Waals surface area contributed by atoms with Gasteiger partial charge in [-0.1, -0.05) is 6.92 Å². The van der Waals surface area contributed by atoms with Crippen LogP contribution in [-0.2, 0) is 17.7 Å². The first-order valence-corrected chi connectivity index (χ1v) is 7.28. The second kappa shape index (κ2) is 6.83. The largest absolute Gasteiger partial charge is 0.439 e. The van der Waals surface area contributed by atoms with Crippen molar-refractivity contribution >= 4 is 17.0 Å². The van der Waals surface area contributed by atoms with Crippen LogP contribution in [0.5, 0.6) is 11.6 Å². The molecule has 1 heterocycles. The molecule has 2 aromatic rings. The minimum atomic E-state index is -2.10. The van der Waals surface area contributed by atoms with Crippen LogP contribution < -0.4 is 9.46 Å². The molecule has 0 spiro atoms. The summed E-state index contributed by atoms with van der Waals surface area (Å²) >= 11 is -2.10. The van der Waals surface area contributed by atoms with Crippen molar-refractivity contribution in [3.8, 4) is 17.7 Å². The number of aryl methyl sites for hydroxylation is 1. The molecule has 1 atom stereocenters. The SMILES string of the molecule is CCc1nc(Oc2ccc(NS(=O)O)cc2)ccc1C#N. The first-order chi connectivity index (χ1) is 10.1. The van der Waals surface area contributed by atoms with Gasteiger partial charge < -0.3 is 4.74 Å². The smallest absolute Gasteiger partial charge is 0.259 e. The first kappa shape index (κ1) is 15.0. The van der Waals surface area contributed by atoms with Crippen molar-refractivity contribution < 1.29 is 13.5 Å². The summed E-state index contributed by atoms with van der Waals surface area (Å²) in [6.07, 6.45) is 0.644. The number of hydrogen-bond donors (Lipinski definition) is 2. The van der Waals surface area contributed by atoms with Crippen LogP contribution >= 0.6 is 0 Å². The molecule has 0 fully saturated rings. The van der Waals surface area contributed by atoms with Crippen LogP contribution in [0.4, 0.5) is 5.69 Å². The number of nitriles is 1. The third-order valence-electron chi connectivity index (χ3n) is 2.69. The van der Waals surface area contributed by atoms with Gasteiger partial charge in [-0.05, 0) is 36.8 Å². The molecule has 6 nitrogen and oxygen atoms in total. The predicted molar refractivity (Wildman–Crippen MR) is 79.2 cm³/mol. The zero-order valence-corrected chi connectivity index (χ0v) is 12.1. The average Bonchev–Trinajstić information content (AvgIpc) is 2.48. The van der Waals surface area contributed by atoms with Crippen LogP contribution in [0.3, 0.4) is 0 Å². The van der Waals surface area contributed by atoms with Crippen LogP contribution in [0.25, 0.3) is 0 Å². The summed E-state index contributed by atoms with van der Waals surface area (Å²) in [4.78, 5) is 4.28. The van der Waals surface area contributed by atoms with Crippen molar-refractivity contribution in [3.05, 3.63) is 47.7 Å². The van der Waals surface area contributed by atoms with Gasteiger partial charge in [-0.25, -0.2) is 9.19 Å². The molecule has 0 aliphatic carbocycles. The lowest BCUT2D eigenvalue weighted by Crippen LogP contribution is -2.01. The average molecular weight is 303 g/mol. The summed E-state index contributed by atoms with van der Waals surface area (Å²) in [5, 5.41) is 8.95. The second-order valence-electron chi connectivity index (χ2n) is 4.09. The molecule has 21 heavy (non-hydrogen) atoms. The molecule has 0 saturated carbocycles. The Kier molecular flexibility index (Phi) is 4.87. The van der Waals surface area contributed by atoms with Crippen molar-refractivity contribution in [2.75, 3.05) is 4.72 Å². The van der Waals surface area contributed by atoms with Gasteiger partial charge in [0.1, 0.15) is 11.8 Å². The summed E-state index contributed by atoms with van der Waals surface area (Å²) in [6, 6.07) is 11.9. The lowest BCUT2D eigenvalue weighted by Gasteiger charge is -2.08. The fourth-order valence-electron chi connectivity index (χ4n) is 1.72. The molecule has 7 heteroatoms. The molecule has 1 aromatic carbocycles. The van der Waals surface area contributed by atoms with Crippen LogP contribution in [0.1, 0.15) is 18.2 Å². The Balaban J connectivity index is 2.15. The zero-order valence-electron chi connectivity index (χ0n) is 11.2. The van der Waals surface area contributed by atoms with E-state index in [-0.39, 0.29) is 0 Å². The second-order valence-corrected chi connectivity index (χ2v) is 4.79. The summed E-state index contributed by atoms with van der Waals surface area (Å²) in [5.74, 6) is 0.945. The molecule has 0 radical (unpaired) electrons. The monoisotopic (exact) mass is 303 g/mol. The Morgan fingerprint density at radius 1 is 1.33 bits per heavy atom. The van der Waals surface area contributed by atoms with Crippen LogP contribution in [0, 0.1) is 11.3 Å². The molecule has 1 unspecified atom stereocenters. The van der Waals surface area contributed by atoms with Crippen molar-refractivity contribution in [2.45, 2.75) is 13.3 Å². The van der Waals surface area contributed by atoms with E-state index >= 15 is 0 Å². The van der Waals surface area contributed by atoms with E-state index in [9.17, 15) is 4.21 Å². The molecule has 0 bridgehead atoms. The standard InChI is InChI=1S/C14H13N3O3S/c1-2-13-10(9-15)3-8-14(16-13)20-12-6-4-11(5-7-12)17-21(18)19/h3-8,17H,2H2,1H3,(H,18,19). The van der Waals surface area contributed by atoms with E-state index in [1.165, 1.54) is 0 Å². The Hall–Kier alpha value is -2.43. The van der Waals surface area contributed by atoms with Crippen LogP contribution in [0.2, 0.25) is 0 Å². The topological polar surface area (TPSA) is 95.2 Å². The number of benzene rings is 1. The highest BCUT2D eigenvalue weighted by atomic mass is 32.2. The molecule has 2 rings (SSSR count). The highest BCUT2D eigenvalue weighted by Crippen LogP contribution is 2.23. The summed E-state index contributed by atoms with van der Waals surface area (Å²) in [6.45, 7) is 1.92. The Morgan fingerprint density at radius 2 is 2.05 bits per heavy atom. The molecule has 0 aliphatic rings. The zero-order chi connectivity index (χ0) is 15.2. The maximum atomic E-state index is 10.6. The number of aromatic nitrogens is 1. The highest BCUT2D eigenvalue weighted by molar-refractivity contribution is 7.80. The van der Waals surface area contributed by atoms with Crippen molar-refractivity contribution in [1.29, 1.82) is 5.26 Å². The van der Waals surface area contributed by atoms with E-state index in [0.29, 0.717) is 35.0 Å². The van der Waals surface area contributed by atoms with Gasteiger partial charge in [0, 0.05) is 11.8 Å². The molecule has 0 saturated heterocycles. The maximum Gasteiger partial charge on any atom is 0.259 e. The van der Waals surface area contributed by atoms with Gasteiger partial charge in [-0.15, -0.1) is 0 Å². The van der Waals surface area contributed by atoms with Gasteiger partial charge >= 0.3 is 0 Å². The molecular weight excluding hydrogens is 290 g/mol. The molecule has 0 aliphatic heterocycles. The van der Waals surface area contributed by atoms with Crippen molar-refractivity contribution in [3.63, 3.8) is 0 Å². The number of nitrogens with one attached hydrogen (secondary N) is 1. The third-order valence-corrected chi connectivity index (χ3v) is 3.10. The number of rotatable bonds is 5. The van der Waals surface area contributed by atoms with Crippen molar-refractivity contribution in [2.24, 2.45) is 0 Å². The minimum absolute atomic E-state index is 0.400. The lowest BCUT2D eigenvalue weighted by molar-refractivity contribution is 0.461. The quantitative estimate of drug-likeness (QED) is 0.828. The summed E-state index contributed by atoms with van der Waals surface area (Å²) < 4.78 is 27.3. The number of ether oxygens (including phenoxy) is 1. The third kappa shape index (κ3) is 4.02. The van der Waals surface area contributed by atoms with Gasteiger partial charge in [0.25, 0.3) is 11.3 Å². The number of pyridine rings is 1. The van der Waals surface area contributed by atoms with Gasteiger partial charge in [0.15, 0.2) is 0 Å². The van der Waals surface area contributed by atoms with E-state index < -0.39 is 11.3 Å². The van der Waals surface area contributed by atoms with E-state index in [1.54, 1.807) is 36.4 Å². The predicted octanol–water partition coefficient (Wildman–Crippen LogP) is 2.86. The highest BCUT2D eigenvalue weighted by Gasteiger charge is 2.05. The fourth-order valence-corrected chi connectivity index (χ4v) is 2.06. The number of anilines is 1. The van der Waals surface area contributed by atoms with E-state index in [1.807, 2.05) is 6.92 Å². The Bertz CT molecular complexity index is 696. The summed E-state index contributed by atoms with van der Waals surface area (Å²) in [5.41, 5.74) is 1.73. The van der Waals surface area contributed by atoms with E-state index in [4.69, 9.17) is 14.6 Å². The number of hydrogen-bond acceptors (Lipinski definition) is 4. The Labute approximate surface area is 124 Å². The van der Waals surface area contributed by atoms with Gasteiger partial charge in [-0.3, -0.25) is 9.27 Å². The normalized spacial score (nSPS) is 11.5. The van der Waals surface area contributed by atoms with Gasteiger partial charge in [0.05, 0.1) is 11.3 Å². The molecule has 2 N–H and O–H groups in total. The maximum absolute atomic E-state index is 10.6. The van der Waals surface area contributed by atoms with Gasteiger partial charge in [-0.2, -0.15) is 5.26 Å².